The van der Waals surface area contributed by atoms with Gasteiger partial charge >= 0.3 is 0 Å². The second kappa shape index (κ2) is 11.1. The lowest BCUT2D eigenvalue weighted by molar-refractivity contribution is -0.384. The molecule has 0 fully saturated rings. The number of nitrogens with zero attached hydrogens (tertiary/aromatic N) is 3. The van der Waals surface area contributed by atoms with E-state index < -0.39 is 4.92 Å². The Morgan fingerprint density at radius 1 is 1.00 bits per heavy atom. The van der Waals surface area contributed by atoms with Gasteiger partial charge in [0, 0.05) is 40.1 Å². The van der Waals surface area contributed by atoms with Crippen molar-refractivity contribution in [3.05, 3.63) is 110 Å². The summed E-state index contributed by atoms with van der Waals surface area (Å²) in [5.74, 6) is -0.204. The fourth-order valence-electron chi connectivity index (χ4n) is 6.04. The summed E-state index contributed by atoms with van der Waals surface area (Å²) in [6.07, 6.45) is 5.50. The van der Waals surface area contributed by atoms with Crippen molar-refractivity contribution in [3.8, 4) is 11.3 Å². The number of hydrogen-bond donors (Lipinski definition) is 2. The van der Waals surface area contributed by atoms with Crippen molar-refractivity contribution in [1.82, 2.24) is 9.97 Å². The number of benzene rings is 3. The number of carbonyl (C=O) groups excluding carboxylic acids is 2. The summed E-state index contributed by atoms with van der Waals surface area (Å²) >= 11 is 1.43. The Labute approximate surface area is 256 Å². The van der Waals surface area contributed by atoms with Crippen molar-refractivity contribution in [2.24, 2.45) is 0 Å². The summed E-state index contributed by atoms with van der Waals surface area (Å²) in [6, 6.07) is 20.0. The van der Waals surface area contributed by atoms with Crippen molar-refractivity contribution in [2.45, 2.75) is 39.0 Å². The van der Waals surface area contributed by atoms with Crippen molar-refractivity contribution < 1.29 is 14.5 Å². The number of amides is 2. The lowest BCUT2D eigenvalue weighted by atomic mass is 9.85. The van der Waals surface area contributed by atoms with Crippen LogP contribution in [0.1, 0.15) is 56.9 Å². The van der Waals surface area contributed by atoms with Crippen LogP contribution in [-0.2, 0) is 17.6 Å². The van der Waals surface area contributed by atoms with E-state index in [0.29, 0.717) is 30.0 Å². The van der Waals surface area contributed by atoms with Crippen LogP contribution in [0.2, 0.25) is 0 Å². The molecule has 2 N–H and O–H groups in total. The average Bonchev–Trinajstić information content (AvgIpc) is 3.39. The molecule has 10 heteroatoms. The molecule has 218 valence electrons. The van der Waals surface area contributed by atoms with Gasteiger partial charge in [-0.25, -0.2) is 9.97 Å². The standard InChI is InChI=1S/C34H27N5O4S/c1-19-31(23-11-15-27-21(18-23)12-16-29(40)35-27)37-34(44-19)38-33(41)30-25-6-2-3-8-28(25)36-32-22(5-4-7-26(30)32)17-20-9-13-24(14-10-20)39(42)43/h2-3,6,8-11,13-15,17-18H,4-5,7,12,16H2,1H3,(H,35,40)(H,37,38,41)/b22-17-. The number of thiazole rings is 1. The molecule has 0 saturated carbocycles. The van der Waals surface area contributed by atoms with Gasteiger partial charge in [-0.3, -0.25) is 25.0 Å². The number of para-hydroxylation sites is 1. The third-order valence-corrected chi connectivity index (χ3v) is 9.02. The van der Waals surface area contributed by atoms with Gasteiger partial charge in [-0.15, -0.1) is 11.3 Å². The Bertz CT molecular complexity index is 2030. The largest absolute Gasteiger partial charge is 0.326 e. The second-order valence-electron chi connectivity index (χ2n) is 11.0. The van der Waals surface area contributed by atoms with E-state index in [1.807, 2.05) is 49.4 Å². The van der Waals surface area contributed by atoms with E-state index in [1.54, 1.807) is 12.1 Å². The molecule has 44 heavy (non-hydrogen) atoms. The molecule has 1 aliphatic heterocycles. The highest BCUT2D eigenvalue weighted by atomic mass is 32.1. The smallest absolute Gasteiger partial charge is 0.269 e. The van der Waals surface area contributed by atoms with E-state index in [4.69, 9.17) is 9.97 Å². The highest BCUT2D eigenvalue weighted by Crippen LogP contribution is 2.38. The Hall–Kier alpha value is -5.22. The summed E-state index contributed by atoms with van der Waals surface area (Å²) in [6.45, 7) is 1.99. The molecule has 3 aromatic carbocycles. The SMILES string of the molecule is Cc1sc(NC(=O)c2c3c(nc4ccccc24)/C(=C\c2ccc([N+](=O)[O-])cc2)CCC3)nc1-c1ccc2c(c1)CCC(=O)N2. The van der Waals surface area contributed by atoms with E-state index in [0.717, 1.165) is 73.5 Å². The molecule has 2 aromatic heterocycles. The van der Waals surface area contributed by atoms with Crippen LogP contribution in [0.4, 0.5) is 16.5 Å². The summed E-state index contributed by atoms with van der Waals surface area (Å²) in [5.41, 5.74) is 8.55. The first-order chi connectivity index (χ1) is 21.3. The van der Waals surface area contributed by atoms with E-state index in [2.05, 4.69) is 16.7 Å². The summed E-state index contributed by atoms with van der Waals surface area (Å²) < 4.78 is 0. The number of aromatic nitrogens is 2. The predicted molar refractivity (Wildman–Crippen MR) is 173 cm³/mol. The van der Waals surface area contributed by atoms with Crippen LogP contribution in [0.15, 0.2) is 66.7 Å². The van der Waals surface area contributed by atoms with Crippen molar-refractivity contribution >= 4 is 62.2 Å². The maximum Gasteiger partial charge on any atom is 0.269 e. The lowest BCUT2D eigenvalue weighted by Crippen LogP contribution is -2.19. The average molecular weight is 602 g/mol. The number of fused-ring (bicyclic) bond motifs is 3. The Kier molecular flexibility index (Phi) is 6.98. The number of rotatable bonds is 5. The predicted octanol–water partition coefficient (Wildman–Crippen LogP) is 7.59. The molecule has 5 aromatic rings. The van der Waals surface area contributed by atoms with Crippen molar-refractivity contribution in [2.75, 3.05) is 10.6 Å². The number of nitro benzene ring substituents is 1. The Balaban J connectivity index is 1.24. The monoisotopic (exact) mass is 601 g/mol. The number of carbonyl (C=O) groups is 2. The topological polar surface area (TPSA) is 127 Å². The molecule has 2 amide bonds. The molecule has 1 aliphatic carbocycles. The molecule has 3 heterocycles. The molecule has 0 unspecified atom stereocenters. The number of allylic oxidation sites excluding steroid dienone is 1. The lowest BCUT2D eigenvalue weighted by Gasteiger charge is -2.22. The van der Waals surface area contributed by atoms with Gasteiger partial charge in [0.15, 0.2) is 5.13 Å². The molecule has 2 aliphatic rings. The minimum Gasteiger partial charge on any atom is -0.326 e. The summed E-state index contributed by atoms with van der Waals surface area (Å²) in [7, 11) is 0. The fraction of sp³-hybridized carbons (Fsp3) is 0.176. The fourth-order valence-corrected chi connectivity index (χ4v) is 6.87. The molecule has 0 spiro atoms. The van der Waals surface area contributed by atoms with Crippen LogP contribution < -0.4 is 10.6 Å². The van der Waals surface area contributed by atoms with Gasteiger partial charge in [0.05, 0.1) is 27.4 Å². The Morgan fingerprint density at radius 3 is 2.64 bits per heavy atom. The van der Waals surface area contributed by atoms with Crippen LogP contribution in [-0.4, -0.2) is 26.7 Å². The number of hydrogen-bond acceptors (Lipinski definition) is 7. The zero-order valence-electron chi connectivity index (χ0n) is 23.8. The molecule has 9 nitrogen and oxygen atoms in total. The number of non-ortho nitro benzene ring substituents is 1. The minimum absolute atomic E-state index is 0.0277. The van der Waals surface area contributed by atoms with Gasteiger partial charge in [0.2, 0.25) is 5.91 Å². The molecular weight excluding hydrogens is 574 g/mol. The van der Waals surface area contributed by atoms with Crippen molar-refractivity contribution in [3.63, 3.8) is 0 Å². The quantitative estimate of drug-likeness (QED) is 0.158. The van der Waals surface area contributed by atoms with Crippen LogP contribution in [0.3, 0.4) is 0 Å². The first-order valence-corrected chi connectivity index (χ1v) is 15.2. The van der Waals surface area contributed by atoms with Gasteiger partial charge in [-0.1, -0.05) is 24.3 Å². The number of pyridine rings is 1. The molecule has 7 rings (SSSR count). The van der Waals surface area contributed by atoms with Gasteiger partial charge in [0.25, 0.3) is 11.6 Å². The van der Waals surface area contributed by atoms with Gasteiger partial charge in [0.1, 0.15) is 0 Å². The summed E-state index contributed by atoms with van der Waals surface area (Å²) in [4.78, 5) is 47.3. The number of aryl methyl sites for hydroxylation is 2. The van der Waals surface area contributed by atoms with Gasteiger partial charge in [-0.05, 0) is 91.3 Å². The molecule has 0 radical (unpaired) electrons. The van der Waals surface area contributed by atoms with Crippen LogP contribution in [0, 0.1) is 17.0 Å². The molecule has 0 saturated heterocycles. The summed E-state index contributed by atoms with van der Waals surface area (Å²) in [5, 5.41) is 18.4. The first-order valence-electron chi connectivity index (χ1n) is 14.4. The van der Waals surface area contributed by atoms with E-state index >= 15 is 0 Å². The van der Waals surface area contributed by atoms with Crippen molar-refractivity contribution in [1.29, 1.82) is 0 Å². The molecule has 0 bridgehead atoms. The molecule has 0 atom stereocenters. The van der Waals surface area contributed by atoms with Crippen LogP contribution in [0.5, 0.6) is 0 Å². The number of anilines is 2. The maximum atomic E-state index is 14.1. The van der Waals surface area contributed by atoms with E-state index in [9.17, 15) is 19.7 Å². The number of nitro groups is 1. The second-order valence-corrected chi connectivity index (χ2v) is 12.2. The van der Waals surface area contributed by atoms with E-state index in [1.165, 1.54) is 23.5 Å². The zero-order chi connectivity index (χ0) is 30.4. The molecular formula is C34H27N5O4S. The van der Waals surface area contributed by atoms with E-state index in [-0.39, 0.29) is 17.5 Å². The zero-order valence-corrected chi connectivity index (χ0v) is 24.7. The highest BCUT2D eigenvalue weighted by molar-refractivity contribution is 7.16. The highest BCUT2D eigenvalue weighted by Gasteiger charge is 2.26. The van der Waals surface area contributed by atoms with Gasteiger partial charge in [-0.2, -0.15) is 0 Å². The number of nitrogens with one attached hydrogen (secondary N) is 2. The van der Waals surface area contributed by atoms with Crippen LogP contribution >= 0.6 is 11.3 Å². The normalized spacial score (nSPS) is 15.0. The van der Waals surface area contributed by atoms with Crippen LogP contribution in [0.25, 0.3) is 33.8 Å². The third kappa shape index (κ3) is 5.13. The Morgan fingerprint density at radius 2 is 1.82 bits per heavy atom. The minimum atomic E-state index is -0.411. The third-order valence-electron chi connectivity index (χ3n) is 8.13. The maximum absolute atomic E-state index is 14.1. The van der Waals surface area contributed by atoms with Gasteiger partial charge < -0.3 is 5.32 Å². The first kappa shape index (κ1) is 27.6.